The average molecular weight is 429 g/mol. The number of rotatable bonds is 4. The van der Waals surface area contributed by atoms with Crippen LogP contribution in [0.2, 0.25) is 10.0 Å². The van der Waals surface area contributed by atoms with Crippen LogP contribution in [0.4, 0.5) is 29.5 Å². The largest absolute Gasteiger partial charge is 0.416 e. The van der Waals surface area contributed by atoms with E-state index in [4.69, 9.17) is 23.2 Å². The smallest absolute Gasteiger partial charge is 0.308 e. The Labute approximate surface area is 168 Å². The zero-order chi connectivity index (χ0) is 20.3. The van der Waals surface area contributed by atoms with Crippen molar-refractivity contribution >= 4 is 40.7 Å². The minimum atomic E-state index is -4.50. The third kappa shape index (κ3) is 5.17. The van der Waals surface area contributed by atoms with E-state index in [1.807, 2.05) is 12.1 Å². The summed E-state index contributed by atoms with van der Waals surface area (Å²) in [4.78, 5) is 12.1. The maximum absolute atomic E-state index is 12.7. The van der Waals surface area contributed by atoms with E-state index >= 15 is 0 Å². The number of amides is 2. The van der Waals surface area contributed by atoms with Crippen LogP contribution in [0.5, 0.6) is 0 Å². The van der Waals surface area contributed by atoms with Gasteiger partial charge >= 0.3 is 12.2 Å². The van der Waals surface area contributed by atoms with Crippen molar-refractivity contribution in [3.8, 4) is 0 Å². The van der Waals surface area contributed by atoms with Crippen molar-refractivity contribution in [2.45, 2.75) is 12.7 Å². The van der Waals surface area contributed by atoms with E-state index in [2.05, 4.69) is 15.7 Å². The van der Waals surface area contributed by atoms with E-state index < -0.39 is 17.8 Å². The number of hydrogen-bond acceptors (Lipinski definition) is 2. The molecule has 0 saturated carbocycles. The van der Waals surface area contributed by atoms with Gasteiger partial charge in [0.15, 0.2) is 5.82 Å². The molecule has 0 unspecified atom stereocenters. The van der Waals surface area contributed by atoms with E-state index in [1.165, 1.54) is 23.0 Å². The van der Waals surface area contributed by atoms with Gasteiger partial charge in [-0.15, -0.1) is 0 Å². The molecule has 2 amide bonds. The summed E-state index contributed by atoms with van der Waals surface area (Å²) in [7, 11) is 0. The van der Waals surface area contributed by atoms with Crippen LogP contribution in [0.25, 0.3) is 0 Å². The van der Waals surface area contributed by atoms with Crippen LogP contribution in [0, 0.1) is 0 Å². The molecule has 0 atom stereocenters. The second-order valence-corrected chi connectivity index (χ2v) is 6.65. The highest BCUT2D eigenvalue weighted by Crippen LogP contribution is 2.30. The lowest BCUT2D eigenvalue weighted by Crippen LogP contribution is -2.20. The topological polar surface area (TPSA) is 59.0 Å². The van der Waals surface area contributed by atoms with Gasteiger partial charge in [-0.3, -0.25) is 10.00 Å². The first-order valence-electron chi connectivity index (χ1n) is 7.93. The zero-order valence-electron chi connectivity index (χ0n) is 14.1. The molecule has 0 spiro atoms. The van der Waals surface area contributed by atoms with Crippen LogP contribution in [-0.4, -0.2) is 15.8 Å². The lowest BCUT2D eigenvalue weighted by atomic mass is 10.2. The molecular weight excluding hydrogens is 416 g/mol. The number of carbonyl (C=O) groups is 1. The molecule has 0 radical (unpaired) electrons. The molecule has 146 valence electrons. The van der Waals surface area contributed by atoms with Crippen LogP contribution in [0.3, 0.4) is 0 Å². The van der Waals surface area contributed by atoms with Crippen molar-refractivity contribution in [1.82, 2.24) is 9.78 Å². The maximum atomic E-state index is 12.7. The highest BCUT2D eigenvalue weighted by atomic mass is 35.5. The van der Waals surface area contributed by atoms with Gasteiger partial charge in [-0.2, -0.15) is 18.3 Å². The molecule has 2 aromatic carbocycles. The Bertz CT molecular complexity index is 987. The number of carbonyl (C=O) groups excluding carboxylic acids is 1. The summed E-state index contributed by atoms with van der Waals surface area (Å²) in [5, 5.41) is 9.70. The third-order valence-electron chi connectivity index (χ3n) is 3.65. The van der Waals surface area contributed by atoms with Gasteiger partial charge in [0, 0.05) is 16.9 Å². The molecule has 0 fully saturated rings. The fourth-order valence-electron chi connectivity index (χ4n) is 2.38. The van der Waals surface area contributed by atoms with E-state index in [-0.39, 0.29) is 16.5 Å². The Kier molecular flexibility index (Phi) is 5.81. The molecule has 0 bridgehead atoms. The quantitative estimate of drug-likeness (QED) is 0.543. The Balaban J connectivity index is 1.66. The summed E-state index contributed by atoms with van der Waals surface area (Å²) in [6, 6.07) is 10.7. The standard InChI is InChI=1S/C18H13Cl2F3N4O/c19-13-6-4-11(5-7-13)9-27-10-15(20)16(26-27)25-17(28)24-14-3-1-2-12(8-14)18(21,22)23/h1-8,10H,9H2,(H2,24,25,26,28). The SMILES string of the molecule is O=C(Nc1cccc(C(F)(F)F)c1)Nc1nn(Cc2ccc(Cl)cc2)cc1Cl. The van der Waals surface area contributed by atoms with Crippen molar-refractivity contribution in [1.29, 1.82) is 0 Å². The van der Waals surface area contributed by atoms with Gasteiger partial charge < -0.3 is 5.32 Å². The van der Waals surface area contributed by atoms with Gasteiger partial charge in [0.05, 0.1) is 12.1 Å². The number of halogens is 5. The first-order chi connectivity index (χ1) is 13.2. The Morgan fingerprint density at radius 1 is 1.07 bits per heavy atom. The lowest BCUT2D eigenvalue weighted by molar-refractivity contribution is -0.137. The number of urea groups is 1. The molecule has 1 heterocycles. The van der Waals surface area contributed by atoms with Gasteiger partial charge in [0.1, 0.15) is 5.02 Å². The number of aromatic nitrogens is 2. The number of anilines is 2. The van der Waals surface area contributed by atoms with Gasteiger partial charge in [-0.1, -0.05) is 41.4 Å². The van der Waals surface area contributed by atoms with Crippen LogP contribution in [0.15, 0.2) is 54.7 Å². The van der Waals surface area contributed by atoms with Gasteiger partial charge in [-0.25, -0.2) is 4.79 Å². The van der Waals surface area contributed by atoms with Gasteiger partial charge in [0.2, 0.25) is 0 Å². The molecule has 28 heavy (non-hydrogen) atoms. The van der Waals surface area contributed by atoms with Crippen LogP contribution in [-0.2, 0) is 12.7 Å². The van der Waals surface area contributed by atoms with E-state index in [0.29, 0.717) is 11.6 Å². The molecule has 2 N–H and O–H groups in total. The average Bonchev–Trinajstić information content (AvgIpc) is 2.95. The maximum Gasteiger partial charge on any atom is 0.416 e. The van der Waals surface area contributed by atoms with Gasteiger partial charge in [-0.05, 0) is 35.9 Å². The summed E-state index contributed by atoms with van der Waals surface area (Å²) < 4.78 is 39.7. The fourth-order valence-corrected chi connectivity index (χ4v) is 2.71. The predicted octanol–water partition coefficient (Wildman–Crippen LogP) is 5.90. The molecule has 0 aliphatic carbocycles. The Hall–Kier alpha value is -2.71. The Morgan fingerprint density at radius 2 is 1.79 bits per heavy atom. The molecule has 1 aromatic heterocycles. The normalized spacial score (nSPS) is 11.3. The van der Waals surface area contributed by atoms with Crippen molar-refractivity contribution in [2.75, 3.05) is 10.6 Å². The fraction of sp³-hybridized carbons (Fsp3) is 0.111. The minimum Gasteiger partial charge on any atom is -0.308 e. The highest BCUT2D eigenvalue weighted by Gasteiger charge is 2.30. The summed E-state index contributed by atoms with van der Waals surface area (Å²) in [6.45, 7) is 0.397. The van der Waals surface area contributed by atoms with E-state index in [1.54, 1.807) is 12.1 Å². The van der Waals surface area contributed by atoms with Gasteiger partial charge in [0.25, 0.3) is 0 Å². The monoisotopic (exact) mass is 428 g/mol. The highest BCUT2D eigenvalue weighted by molar-refractivity contribution is 6.33. The number of nitrogens with zero attached hydrogens (tertiary/aromatic N) is 2. The van der Waals surface area contributed by atoms with E-state index in [9.17, 15) is 18.0 Å². The molecule has 0 saturated heterocycles. The molecule has 0 aliphatic heterocycles. The van der Waals surface area contributed by atoms with Crippen LogP contribution >= 0.6 is 23.2 Å². The minimum absolute atomic E-state index is 0.0101. The number of nitrogens with one attached hydrogen (secondary N) is 2. The summed E-state index contributed by atoms with van der Waals surface area (Å²) >= 11 is 11.9. The van der Waals surface area contributed by atoms with Crippen molar-refractivity contribution in [3.05, 3.63) is 75.9 Å². The summed E-state index contributed by atoms with van der Waals surface area (Å²) in [6.07, 6.45) is -2.98. The second-order valence-electron chi connectivity index (χ2n) is 5.81. The third-order valence-corrected chi connectivity index (χ3v) is 4.18. The molecular formula is C18H13Cl2F3N4O. The summed E-state index contributed by atoms with van der Waals surface area (Å²) in [5.41, 5.74) is 0.0446. The van der Waals surface area contributed by atoms with Crippen molar-refractivity contribution in [3.63, 3.8) is 0 Å². The first-order valence-corrected chi connectivity index (χ1v) is 8.69. The summed E-state index contributed by atoms with van der Waals surface area (Å²) in [5.74, 6) is 0.0834. The molecule has 3 rings (SSSR count). The zero-order valence-corrected chi connectivity index (χ0v) is 15.6. The molecule has 3 aromatic rings. The van der Waals surface area contributed by atoms with Crippen molar-refractivity contribution < 1.29 is 18.0 Å². The predicted molar refractivity (Wildman–Crippen MR) is 102 cm³/mol. The first kappa shape index (κ1) is 20.0. The van der Waals surface area contributed by atoms with Crippen LogP contribution < -0.4 is 10.6 Å². The molecule has 0 aliphatic rings. The molecule has 10 heteroatoms. The van der Waals surface area contributed by atoms with Crippen molar-refractivity contribution in [2.24, 2.45) is 0 Å². The van der Waals surface area contributed by atoms with E-state index in [0.717, 1.165) is 17.7 Å². The number of alkyl halides is 3. The number of benzene rings is 2. The van der Waals surface area contributed by atoms with Crippen LogP contribution in [0.1, 0.15) is 11.1 Å². The number of hydrogen-bond donors (Lipinski definition) is 2. The second kappa shape index (κ2) is 8.12. The molecule has 5 nitrogen and oxygen atoms in total. The Morgan fingerprint density at radius 3 is 2.46 bits per heavy atom. The lowest BCUT2D eigenvalue weighted by Gasteiger charge is -2.10.